The molecule has 0 amide bonds. The third-order valence-electron chi connectivity index (χ3n) is 8.44. The van der Waals surface area contributed by atoms with Crippen LogP contribution >= 0.6 is 0 Å². The molecule has 3 unspecified atom stereocenters. The van der Waals surface area contributed by atoms with Crippen LogP contribution in [0.2, 0.25) is 0 Å². The lowest BCUT2D eigenvalue weighted by Crippen LogP contribution is -2.45. The highest BCUT2D eigenvalue weighted by Crippen LogP contribution is 2.45. The molecule has 3 aromatic rings. The highest BCUT2D eigenvalue weighted by atomic mass is 19.1. The Bertz CT molecular complexity index is 1310. The number of fused-ring (bicyclic) bond motifs is 2. The van der Waals surface area contributed by atoms with Gasteiger partial charge in [0.2, 0.25) is 0 Å². The number of aromatic nitrogens is 1. The Balaban J connectivity index is 1.15. The summed E-state index contributed by atoms with van der Waals surface area (Å²) in [7, 11) is 1.67. The van der Waals surface area contributed by atoms with Crippen molar-refractivity contribution < 1.29 is 23.3 Å². The average molecular weight is 535 g/mol. The van der Waals surface area contributed by atoms with Gasteiger partial charge < -0.3 is 19.0 Å². The van der Waals surface area contributed by atoms with Crippen LogP contribution in [-0.2, 0) is 21.0 Å². The number of hydrogen-bond acceptors (Lipinski definition) is 8. The van der Waals surface area contributed by atoms with Gasteiger partial charge >= 0.3 is 6.47 Å². The third-order valence-corrected chi connectivity index (χ3v) is 8.44. The number of carbonyl (C=O) groups is 1. The van der Waals surface area contributed by atoms with E-state index < -0.39 is 6.17 Å². The Morgan fingerprint density at radius 1 is 1.15 bits per heavy atom. The zero-order chi connectivity index (χ0) is 26.9. The molecule has 2 saturated heterocycles. The van der Waals surface area contributed by atoms with E-state index in [1.165, 1.54) is 5.56 Å². The van der Waals surface area contributed by atoms with Crippen molar-refractivity contribution in [3.05, 3.63) is 70.7 Å². The second kappa shape index (κ2) is 11.1. The summed E-state index contributed by atoms with van der Waals surface area (Å²) >= 11 is 0. The molecule has 1 aliphatic carbocycles. The first-order valence-electron chi connectivity index (χ1n) is 13.8. The molecule has 39 heavy (non-hydrogen) atoms. The van der Waals surface area contributed by atoms with E-state index in [-0.39, 0.29) is 18.4 Å². The second-order valence-corrected chi connectivity index (χ2v) is 10.9. The van der Waals surface area contributed by atoms with E-state index in [9.17, 15) is 4.79 Å². The largest absolute Gasteiger partial charge is 0.373 e. The minimum atomic E-state index is -0.636. The average Bonchev–Trinajstić information content (AvgIpc) is 3.64. The van der Waals surface area contributed by atoms with Crippen LogP contribution in [0.4, 0.5) is 10.1 Å². The Morgan fingerprint density at radius 2 is 1.92 bits per heavy atom. The molecule has 2 aromatic carbocycles. The number of piperidine rings is 1. The van der Waals surface area contributed by atoms with Gasteiger partial charge in [-0.05, 0) is 70.2 Å². The number of nitrogens with one attached hydrogen (secondary N) is 2. The van der Waals surface area contributed by atoms with Crippen LogP contribution in [0.1, 0.15) is 73.1 Å². The van der Waals surface area contributed by atoms with Crippen molar-refractivity contribution in [1.29, 1.82) is 0 Å². The molecular formula is C30H35FN4O4. The predicted octanol–water partition coefficient (Wildman–Crippen LogP) is 5.28. The lowest BCUT2D eigenvalue weighted by molar-refractivity contribution is -0.137. The monoisotopic (exact) mass is 534 g/mol. The van der Waals surface area contributed by atoms with E-state index in [1.54, 1.807) is 19.2 Å². The van der Waals surface area contributed by atoms with Crippen molar-refractivity contribution in [2.75, 3.05) is 11.9 Å². The summed E-state index contributed by atoms with van der Waals surface area (Å²) in [5.41, 5.74) is 8.04. The molecule has 2 bridgehead atoms. The number of anilines is 1. The van der Waals surface area contributed by atoms with Gasteiger partial charge in [-0.2, -0.15) is 0 Å². The van der Waals surface area contributed by atoms with Gasteiger partial charge in [-0.15, -0.1) is 5.48 Å². The molecule has 0 spiro atoms. The van der Waals surface area contributed by atoms with Crippen LogP contribution in [0.5, 0.6) is 0 Å². The lowest BCUT2D eigenvalue weighted by Gasteiger charge is -2.40. The summed E-state index contributed by atoms with van der Waals surface area (Å²) in [5.74, 6) is 1.08. The van der Waals surface area contributed by atoms with E-state index >= 15 is 4.39 Å². The van der Waals surface area contributed by atoms with Gasteiger partial charge in [0.15, 0.2) is 0 Å². The quantitative estimate of drug-likeness (QED) is 0.195. The zero-order valence-electron chi connectivity index (χ0n) is 22.4. The first kappa shape index (κ1) is 26.0. The smallest absolute Gasteiger partial charge is 0.312 e. The highest BCUT2D eigenvalue weighted by Gasteiger charge is 2.42. The van der Waals surface area contributed by atoms with E-state index in [0.717, 1.165) is 66.8 Å². The Morgan fingerprint density at radius 3 is 2.59 bits per heavy atom. The van der Waals surface area contributed by atoms with Crippen molar-refractivity contribution in [2.24, 2.45) is 0 Å². The summed E-state index contributed by atoms with van der Waals surface area (Å²) < 4.78 is 27.6. The molecule has 0 radical (unpaired) electrons. The third kappa shape index (κ3) is 5.18. The molecule has 6 rings (SSSR count). The molecular weight excluding hydrogens is 499 g/mol. The summed E-state index contributed by atoms with van der Waals surface area (Å²) in [4.78, 5) is 17.5. The van der Waals surface area contributed by atoms with Crippen LogP contribution in [0.15, 0.2) is 47.0 Å². The normalized spacial score (nSPS) is 23.2. The standard InChI is InChI=1S/C30H35FN4O4/c1-18-5-3-4-6-24(18)28-26(29(39-33-28)19-7-8-19)16-37-23-13-20-9-10-21(14-23)35(20)22-11-12-25(27(31)15-22)30(32-2)34-38-17-36/h3-6,11-12,15,17,19-21,23,30,32,34H,7-10,13-14,16H2,1-2H3. The van der Waals surface area contributed by atoms with Crippen molar-refractivity contribution >= 4 is 12.2 Å². The van der Waals surface area contributed by atoms with E-state index in [4.69, 9.17) is 9.26 Å². The van der Waals surface area contributed by atoms with Crippen LogP contribution in [0.25, 0.3) is 11.3 Å². The van der Waals surface area contributed by atoms with Gasteiger partial charge in [0.05, 0.1) is 12.7 Å². The maximum absolute atomic E-state index is 15.1. The number of ether oxygens (including phenoxy) is 1. The van der Waals surface area contributed by atoms with Gasteiger partial charge in [0.1, 0.15) is 23.4 Å². The van der Waals surface area contributed by atoms with Crippen molar-refractivity contribution in [3.8, 4) is 11.3 Å². The molecule has 8 nitrogen and oxygen atoms in total. The Kier molecular flexibility index (Phi) is 7.38. The SMILES string of the molecule is CNC(NOC=O)c1ccc(N2C3CCC2CC(OCc2c(-c4ccccc4C)noc2C2CC2)C3)cc1F. The first-order chi connectivity index (χ1) is 19.1. The molecule has 3 heterocycles. The van der Waals surface area contributed by atoms with Crippen molar-refractivity contribution in [2.45, 2.75) is 82.3 Å². The molecule has 3 aliphatic rings. The number of rotatable bonds is 11. The van der Waals surface area contributed by atoms with E-state index in [0.29, 0.717) is 30.2 Å². The second-order valence-electron chi connectivity index (χ2n) is 10.9. The molecule has 3 fully saturated rings. The lowest BCUT2D eigenvalue weighted by atomic mass is 9.97. The van der Waals surface area contributed by atoms with Gasteiger partial charge in [0, 0.05) is 40.4 Å². The predicted molar refractivity (Wildman–Crippen MR) is 144 cm³/mol. The summed E-state index contributed by atoms with van der Waals surface area (Å²) in [6.07, 6.45) is 5.71. The minimum absolute atomic E-state index is 0.132. The van der Waals surface area contributed by atoms with Crippen LogP contribution in [0, 0.1) is 12.7 Å². The number of nitrogens with zero attached hydrogens (tertiary/aromatic N) is 2. The van der Waals surface area contributed by atoms with Crippen molar-refractivity contribution in [1.82, 2.24) is 16.0 Å². The molecule has 9 heteroatoms. The minimum Gasteiger partial charge on any atom is -0.373 e. The van der Waals surface area contributed by atoms with Gasteiger partial charge in [0.25, 0.3) is 0 Å². The van der Waals surface area contributed by atoms with E-state index in [1.807, 2.05) is 18.2 Å². The fourth-order valence-electron chi connectivity index (χ4n) is 6.35. The molecule has 2 N–H and O–H groups in total. The zero-order valence-corrected chi connectivity index (χ0v) is 22.4. The number of aryl methyl sites for hydroxylation is 1. The van der Waals surface area contributed by atoms with Crippen LogP contribution in [0.3, 0.4) is 0 Å². The number of hydrogen-bond donors (Lipinski definition) is 2. The van der Waals surface area contributed by atoms with Crippen molar-refractivity contribution in [3.63, 3.8) is 0 Å². The topological polar surface area (TPSA) is 88.9 Å². The molecule has 206 valence electrons. The maximum Gasteiger partial charge on any atom is 0.312 e. The Hall–Kier alpha value is -3.27. The first-order valence-corrected chi connectivity index (χ1v) is 13.8. The van der Waals surface area contributed by atoms with Gasteiger partial charge in [-0.1, -0.05) is 35.5 Å². The molecule has 1 saturated carbocycles. The van der Waals surface area contributed by atoms with Gasteiger partial charge in [-0.3, -0.25) is 10.1 Å². The van der Waals surface area contributed by atoms with E-state index in [2.05, 4.69) is 44.7 Å². The summed E-state index contributed by atoms with van der Waals surface area (Å²) in [6.45, 7) is 2.87. The maximum atomic E-state index is 15.1. The molecule has 1 aromatic heterocycles. The van der Waals surface area contributed by atoms with Crippen LogP contribution in [-0.4, -0.2) is 36.9 Å². The number of halogens is 1. The molecule has 3 atom stereocenters. The summed E-state index contributed by atoms with van der Waals surface area (Å²) in [5, 5.41) is 7.39. The highest BCUT2D eigenvalue weighted by molar-refractivity contribution is 5.67. The fraction of sp³-hybridized carbons (Fsp3) is 0.467. The summed E-state index contributed by atoms with van der Waals surface area (Å²) in [6, 6.07) is 14.2. The number of benzene rings is 2. The number of hydroxylamine groups is 1. The van der Waals surface area contributed by atoms with Gasteiger partial charge in [-0.25, -0.2) is 4.39 Å². The Labute approximate surface area is 227 Å². The fourth-order valence-corrected chi connectivity index (χ4v) is 6.35. The number of carbonyl (C=O) groups excluding carboxylic acids is 1. The molecule has 2 aliphatic heterocycles. The van der Waals surface area contributed by atoms with Crippen LogP contribution < -0.4 is 15.7 Å².